The van der Waals surface area contributed by atoms with E-state index in [0.717, 1.165) is 99.6 Å². The summed E-state index contributed by atoms with van der Waals surface area (Å²) in [5.74, 6) is 0.568. The number of benzene rings is 2. The lowest BCUT2D eigenvalue weighted by atomic mass is 10.1. The predicted octanol–water partition coefficient (Wildman–Crippen LogP) is 4.95. The fraction of sp³-hybridized carbons (Fsp3) is 0.405. The molecule has 4 aromatic rings. The van der Waals surface area contributed by atoms with Gasteiger partial charge in [-0.2, -0.15) is 4.98 Å². The Morgan fingerprint density at radius 3 is 2.53 bits per heavy atom. The number of piperazine rings is 1. The quantitative estimate of drug-likeness (QED) is 0.0677. The summed E-state index contributed by atoms with van der Waals surface area (Å²) < 4.78 is 0. The molecule has 298 valence electrons. The van der Waals surface area contributed by atoms with Crippen LogP contribution in [-0.2, 0) is 22.6 Å². The van der Waals surface area contributed by atoms with Crippen LogP contribution in [0.25, 0.3) is 0 Å². The predicted molar refractivity (Wildman–Crippen MR) is 218 cm³/mol. The van der Waals surface area contributed by atoms with Gasteiger partial charge in [-0.15, -0.1) is 0 Å². The van der Waals surface area contributed by atoms with Crippen LogP contribution >= 0.6 is 0 Å². The number of anilines is 6. The first-order valence-electron chi connectivity index (χ1n) is 19.9. The van der Waals surface area contributed by atoms with E-state index in [1.165, 1.54) is 6.20 Å². The zero-order chi connectivity index (χ0) is 39.7. The second kappa shape index (κ2) is 18.3. The highest BCUT2D eigenvalue weighted by Crippen LogP contribution is 2.32. The molecule has 2 unspecified atom stereocenters. The number of hydrogen-bond donors (Lipinski definition) is 5. The lowest BCUT2D eigenvalue weighted by Crippen LogP contribution is -2.46. The monoisotopic (exact) mass is 774 g/mol. The van der Waals surface area contributed by atoms with Gasteiger partial charge in [-0.3, -0.25) is 29.4 Å². The number of aryl methyl sites for hydroxylation is 1. The third-order valence-corrected chi connectivity index (χ3v) is 10.9. The lowest BCUT2D eigenvalue weighted by Gasteiger charge is -2.36. The van der Waals surface area contributed by atoms with E-state index < -0.39 is 18.1 Å². The second-order valence-electron chi connectivity index (χ2n) is 14.8. The molecule has 1 fully saturated rings. The highest BCUT2D eigenvalue weighted by Gasteiger charge is 2.36. The average Bonchev–Trinajstić information content (AvgIpc) is 3.76. The number of amides is 3. The van der Waals surface area contributed by atoms with Gasteiger partial charge < -0.3 is 30.9 Å². The Labute approximate surface area is 332 Å². The number of pyridine rings is 1. The number of hydrogen-bond acceptors (Lipinski definition) is 13. The van der Waals surface area contributed by atoms with Gasteiger partial charge >= 0.3 is 0 Å². The maximum absolute atomic E-state index is 13.1. The van der Waals surface area contributed by atoms with E-state index in [4.69, 9.17) is 0 Å². The number of nitrogens with zero attached hydrogens (tertiary/aromatic N) is 6. The maximum Gasteiger partial charge on any atom is 0.255 e. The van der Waals surface area contributed by atoms with Gasteiger partial charge in [0.1, 0.15) is 17.7 Å². The van der Waals surface area contributed by atoms with Crippen LogP contribution in [0.1, 0.15) is 89.1 Å². The van der Waals surface area contributed by atoms with Crippen molar-refractivity contribution in [2.75, 3.05) is 60.1 Å². The molecule has 4 heterocycles. The van der Waals surface area contributed by atoms with Crippen LogP contribution in [0, 0.1) is 0 Å². The third-order valence-electron chi connectivity index (χ3n) is 10.9. The summed E-state index contributed by atoms with van der Waals surface area (Å²) in [6.07, 6.45) is 7.90. The van der Waals surface area contributed by atoms with Gasteiger partial charge in [0, 0.05) is 68.1 Å². The molecule has 5 N–H and O–H groups in total. The molecule has 2 aromatic carbocycles. The van der Waals surface area contributed by atoms with Crippen molar-refractivity contribution in [3.8, 4) is 0 Å². The molecular weight excluding hydrogens is 725 g/mol. The van der Waals surface area contributed by atoms with Gasteiger partial charge in [0.15, 0.2) is 6.29 Å². The average molecular weight is 775 g/mol. The van der Waals surface area contributed by atoms with Crippen LogP contribution in [0.3, 0.4) is 0 Å². The van der Waals surface area contributed by atoms with Crippen LogP contribution in [0.4, 0.5) is 34.6 Å². The first-order valence-corrected chi connectivity index (χ1v) is 19.9. The Kier molecular flexibility index (Phi) is 12.7. The standard InChI is InChI=1S/C42H50N10O5/c1-2-6-35(40(56)45-27-54)52-25-29-23-32(11-14-34(29)41(52)57)43-17-4-3-5-18-50-19-21-51(22-20-50)33-12-9-31(10-13-33)46-42-44-24-30(26-53)39(49-42)48-37-16-8-28-7-15-36(55)38(28)47-37/h8-14,16,23-24,26-27,35-36,43,55H,2-7,15,17-22,25H2,1H3,(H,45,54,56)(H2,44,46,47,48,49). The van der Waals surface area contributed by atoms with E-state index in [1.54, 1.807) is 4.90 Å². The molecular formula is C42H50N10O5. The van der Waals surface area contributed by atoms with E-state index in [0.29, 0.717) is 66.5 Å². The van der Waals surface area contributed by atoms with Crippen LogP contribution in [0.5, 0.6) is 0 Å². The molecule has 3 amide bonds. The Morgan fingerprint density at radius 2 is 1.75 bits per heavy atom. The van der Waals surface area contributed by atoms with Crippen molar-refractivity contribution in [2.24, 2.45) is 0 Å². The van der Waals surface area contributed by atoms with Gasteiger partial charge in [0.25, 0.3) is 5.91 Å². The minimum atomic E-state index is -0.664. The van der Waals surface area contributed by atoms with Crippen LogP contribution in [0.15, 0.2) is 60.8 Å². The number of imide groups is 1. The maximum atomic E-state index is 13.1. The Hall–Kier alpha value is -5.93. The Morgan fingerprint density at radius 1 is 0.947 bits per heavy atom. The molecule has 1 saturated heterocycles. The van der Waals surface area contributed by atoms with E-state index in [9.17, 15) is 24.3 Å². The van der Waals surface area contributed by atoms with Gasteiger partial charge in [-0.25, -0.2) is 9.97 Å². The molecule has 2 aliphatic heterocycles. The molecule has 7 rings (SSSR count). The minimum absolute atomic E-state index is 0.172. The van der Waals surface area contributed by atoms with Gasteiger partial charge in [-0.05, 0) is 98.3 Å². The zero-order valence-electron chi connectivity index (χ0n) is 32.2. The van der Waals surface area contributed by atoms with Crippen LogP contribution in [0.2, 0.25) is 0 Å². The second-order valence-corrected chi connectivity index (χ2v) is 14.8. The summed E-state index contributed by atoms with van der Waals surface area (Å²) in [5, 5.41) is 22.3. The number of aliphatic hydroxyl groups is 1. The highest BCUT2D eigenvalue weighted by molar-refractivity contribution is 6.02. The summed E-state index contributed by atoms with van der Waals surface area (Å²) >= 11 is 0. The Bertz CT molecular complexity index is 2070. The first kappa shape index (κ1) is 39.3. The minimum Gasteiger partial charge on any atom is -0.387 e. The van der Waals surface area contributed by atoms with Crippen molar-refractivity contribution < 1.29 is 24.3 Å². The van der Waals surface area contributed by atoms with E-state index in [2.05, 4.69) is 58.2 Å². The molecule has 0 saturated carbocycles. The van der Waals surface area contributed by atoms with E-state index in [-0.39, 0.29) is 5.91 Å². The largest absolute Gasteiger partial charge is 0.387 e. The number of aliphatic hydroxyl groups excluding tert-OH is 1. The van der Waals surface area contributed by atoms with Crippen LogP contribution in [-0.4, -0.2) is 99.7 Å². The van der Waals surface area contributed by atoms with Crippen molar-refractivity contribution in [3.05, 3.63) is 88.7 Å². The fourth-order valence-corrected chi connectivity index (χ4v) is 7.81. The van der Waals surface area contributed by atoms with Crippen LogP contribution < -0.4 is 26.2 Å². The summed E-state index contributed by atoms with van der Waals surface area (Å²) in [4.78, 5) is 68.0. The summed E-state index contributed by atoms with van der Waals surface area (Å²) in [6, 6.07) is 17.0. The number of rotatable bonds is 18. The SMILES string of the molecule is CCCC(C(=O)NC=O)N1Cc2cc(NCCCCCN3CCN(c4ccc(Nc5ncc(C=O)c(Nc6ccc7c(n6)C(O)CC7)n5)cc4)CC3)ccc2C1=O. The molecule has 57 heavy (non-hydrogen) atoms. The number of unbranched alkanes of at least 4 members (excludes halogenated alkanes) is 2. The van der Waals surface area contributed by atoms with E-state index >= 15 is 0 Å². The third kappa shape index (κ3) is 9.38. The molecule has 2 atom stereocenters. The number of aromatic nitrogens is 3. The van der Waals surface area contributed by atoms with Crippen molar-refractivity contribution in [3.63, 3.8) is 0 Å². The molecule has 0 bridgehead atoms. The normalized spacial score (nSPS) is 16.8. The van der Waals surface area contributed by atoms with Gasteiger partial charge in [0.2, 0.25) is 18.3 Å². The van der Waals surface area contributed by atoms with Crippen molar-refractivity contribution in [2.45, 2.75) is 70.6 Å². The summed E-state index contributed by atoms with van der Waals surface area (Å²) in [5.41, 5.74) is 6.44. The lowest BCUT2D eigenvalue weighted by molar-refractivity contribution is -0.129. The highest BCUT2D eigenvalue weighted by atomic mass is 16.3. The van der Waals surface area contributed by atoms with Crippen molar-refractivity contribution >= 4 is 59.2 Å². The number of aldehydes is 1. The number of fused-ring (bicyclic) bond motifs is 2. The molecule has 0 radical (unpaired) electrons. The van der Waals surface area contributed by atoms with Gasteiger partial charge in [-0.1, -0.05) is 25.8 Å². The zero-order valence-corrected chi connectivity index (χ0v) is 32.2. The molecule has 2 aromatic heterocycles. The smallest absolute Gasteiger partial charge is 0.255 e. The number of carbonyl (C=O) groups is 4. The molecule has 15 nitrogen and oxygen atoms in total. The molecule has 3 aliphatic rings. The van der Waals surface area contributed by atoms with Gasteiger partial charge in [0.05, 0.1) is 17.4 Å². The number of nitrogens with one attached hydrogen (secondary N) is 4. The summed E-state index contributed by atoms with van der Waals surface area (Å²) in [6.45, 7) is 8.11. The molecule has 0 spiro atoms. The molecule has 15 heteroatoms. The first-order chi connectivity index (χ1) is 27.8. The molecule has 1 aliphatic carbocycles. The van der Waals surface area contributed by atoms with Crippen molar-refractivity contribution in [1.82, 2.24) is 30.1 Å². The topological polar surface area (TPSA) is 185 Å². The fourth-order valence-electron chi connectivity index (χ4n) is 7.81. The Balaban J connectivity index is 0.814. The summed E-state index contributed by atoms with van der Waals surface area (Å²) in [7, 11) is 0. The number of carbonyl (C=O) groups excluding carboxylic acids is 4. The van der Waals surface area contributed by atoms with E-state index in [1.807, 2.05) is 49.4 Å². The van der Waals surface area contributed by atoms with Crippen molar-refractivity contribution in [1.29, 1.82) is 0 Å².